The van der Waals surface area contributed by atoms with Gasteiger partial charge in [-0.25, -0.2) is 4.98 Å². The second-order valence-electron chi connectivity index (χ2n) is 8.06. The molecule has 1 amide bonds. The lowest BCUT2D eigenvalue weighted by Crippen LogP contribution is -2.48. The van der Waals surface area contributed by atoms with Gasteiger partial charge in [0.2, 0.25) is 0 Å². The molecule has 164 valence electrons. The van der Waals surface area contributed by atoms with Crippen molar-refractivity contribution in [3.05, 3.63) is 58.1 Å². The molecule has 0 bridgehead atoms. The number of halogens is 1. The van der Waals surface area contributed by atoms with Gasteiger partial charge < -0.3 is 20.7 Å². The first-order valence-electron chi connectivity index (χ1n) is 10.5. The quantitative estimate of drug-likeness (QED) is 0.562. The highest BCUT2D eigenvalue weighted by atomic mass is 35.5. The van der Waals surface area contributed by atoms with Gasteiger partial charge in [0, 0.05) is 30.7 Å². The van der Waals surface area contributed by atoms with E-state index in [0.717, 1.165) is 48.4 Å². The summed E-state index contributed by atoms with van der Waals surface area (Å²) in [6.07, 6.45) is 1.79. The second-order valence-corrected chi connectivity index (χ2v) is 9.53. The average molecular weight is 459 g/mol. The Labute approximate surface area is 191 Å². The summed E-state index contributed by atoms with van der Waals surface area (Å²) in [4.78, 5) is 19.4. The normalized spacial score (nSPS) is 16.4. The molecule has 8 heteroatoms. The van der Waals surface area contributed by atoms with Gasteiger partial charge in [-0.2, -0.15) is 0 Å². The number of hydrogen-bond acceptors (Lipinski definition) is 6. The van der Waals surface area contributed by atoms with Crippen LogP contribution in [0.4, 0.5) is 0 Å². The fourth-order valence-electron chi connectivity index (χ4n) is 3.73. The van der Waals surface area contributed by atoms with Gasteiger partial charge in [-0.15, -0.1) is 11.3 Å². The Kier molecular flexibility index (Phi) is 7.07. The van der Waals surface area contributed by atoms with E-state index in [0.29, 0.717) is 16.6 Å². The zero-order chi connectivity index (χ0) is 21.8. The summed E-state index contributed by atoms with van der Waals surface area (Å²) in [5, 5.41) is 4.24. The van der Waals surface area contributed by atoms with Gasteiger partial charge in [-0.3, -0.25) is 4.79 Å². The average Bonchev–Trinajstić information content (AvgIpc) is 3.18. The molecule has 1 saturated heterocycles. The minimum atomic E-state index is -0.112. The highest BCUT2D eigenvalue weighted by molar-refractivity contribution is 7.20. The number of thiazole rings is 1. The zero-order valence-corrected chi connectivity index (χ0v) is 19.1. The first-order valence-corrected chi connectivity index (χ1v) is 11.7. The molecule has 1 aliphatic heterocycles. The largest absolute Gasteiger partial charge is 0.492 e. The maximum absolute atomic E-state index is 12.6. The lowest BCUT2D eigenvalue weighted by molar-refractivity contribution is 0.0906. The van der Waals surface area contributed by atoms with Crippen molar-refractivity contribution in [2.24, 2.45) is 5.73 Å². The van der Waals surface area contributed by atoms with E-state index in [2.05, 4.69) is 22.1 Å². The van der Waals surface area contributed by atoms with Crippen molar-refractivity contribution in [3.8, 4) is 5.75 Å². The molecule has 3 N–H and O–H groups in total. The summed E-state index contributed by atoms with van der Waals surface area (Å²) in [6.45, 7) is 5.13. The van der Waals surface area contributed by atoms with Crippen molar-refractivity contribution >= 4 is 39.1 Å². The summed E-state index contributed by atoms with van der Waals surface area (Å²) < 4.78 is 6.76. The van der Waals surface area contributed by atoms with Crippen molar-refractivity contribution in [1.82, 2.24) is 15.2 Å². The monoisotopic (exact) mass is 458 g/mol. The van der Waals surface area contributed by atoms with Crippen LogP contribution >= 0.6 is 22.9 Å². The van der Waals surface area contributed by atoms with Crippen LogP contribution < -0.4 is 15.8 Å². The van der Waals surface area contributed by atoms with Crippen molar-refractivity contribution < 1.29 is 9.53 Å². The van der Waals surface area contributed by atoms with Crippen LogP contribution in [0.15, 0.2) is 42.5 Å². The van der Waals surface area contributed by atoms with Gasteiger partial charge in [0.25, 0.3) is 5.91 Å². The van der Waals surface area contributed by atoms with Crippen molar-refractivity contribution in [1.29, 1.82) is 0 Å². The predicted octanol–water partition coefficient (Wildman–Crippen LogP) is 3.86. The second kappa shape index (κ2) is 9.96. The van der Waals surface area contributed by atoms with E-state index < -0.39 is 0 Å². The van der Waals surface area contributed by atoms with Gasteiger partial charge >= 0.3 is 0 Å². The van der Waals surface area contributed by atoms with Crippen LogP contribution in [0.3, 0.4) is 0 Å². The summed E-state index contributed by atoms with van der Waals surface area (Å²) in [7, 11) is 0. The Hall–Kier alpha value is -2.19. The Morgan fingerprint density at radius 1 is 1.29 bits per heavy atom. The number of nitrogens with one attached hydrogen (secondary N) is 1. The van der Waals surface area contributed by atoms with Crippen molar-refractivity contribution in [2.75, 3.05) is 26.2 Å². The molecular weight excluding hydrogens is 432 g/mol. The minimum Gasteiger partial charge on any atom is -0.492 e. The van der Waals surface area contributed by atoms with Crippen LogP contribution in [0.1, 0.15) is 28.2 Å². The van der Waals surface area contributed by atoms with Crippen molar-refractivity contribution in [2.45, 2.75) is 31.8 Å². The van der Waals surface area contributed by atoms with Gasteiger partial charge in [-0.05, 0) is 50.1 Å². The third-order valence-corrected chi connectivity index (χ3v) is 6.71. The number of hydrogen-bond donors (Lipinski definition) is 2. The number of ether oxygens (including phenoxy) is 1. The van der Waals surface area contributed by atoms with Gasteiger partial charge in [0.05, 0.1) is 16.3 Å². The molecule has 3 aromatic rings. The molecule has 2 heterocycles. The highest BCUT2D eigenvalue weighted by Crippen LogP contribution is 2.25. The first kappa shape index (κ1) is 22.0. The van der Waals surface area contributed by atoms with Gasteiger partial charge in [-0.1, -0.05) is 29.3 Å². The molecule has 6 nitrogen and oxygen atoms in total. The van der Waals surface area contributed by atoms with Crippen LogP contribution in [0, 0.1) is 6.92 Å². The van der Waals surface area contributed by atoms with E-state index in [-0.39, 0.29) is 18.0 Å². The molecule has 1 unspecified atom stereocenters. The van der Waals surface area contributed by atoms with Crippen LogP contribution in [-0.4, -0.2) is 54.1 Å². The smallest absolute Gasteiger partial charge is 0.280 e. The number of piperidine rings is 1. The molecule has 2 aromatic carbocycles. The number of fused-ring (bicyclic) bond motifs is 1. The fraction of sp³-hybridized carbons (Fsp3) is 0.391. The molecule has 1 aromatic heterocycles. The number of benzene rings is 2. The number of rotatable bonds is 7. The minimum absolute atomic E-state index is 0.0537. The number of likely N-dealkylation sites (tertiary alicyclic amines) is 1. The SMILES string of the molecule is Cc1ccc(OCC(N)CN2CCC(NC(=O)c3nc4cc(Cl)ccc4s3)CC2)cc1. The standard InChI is InChI=1S/C23H27ClN4O2S/c1-15-2-5-19(6-3-15)30-14-17(25)13-28-10-8-18(9-11-28)26-22(29)23-27-20-12-16(24)4-7-21(20)31-23/h2-7,12,17-18H,8-11,13-14,25H2,1H3,(H,26,29). The maximum Gasteiger partial charge on any atom is 0.280 e. The molecule has 4 rings (SSSR count). The molecule has 1 fully saturated rings. The maximum atomic E-state index is 12.6. The van der Waals surface area contributed by atoms with E-state index in [1.54, 1.807) is 6.07 Å². The number of aromatic nitrogens is 1. The number of carbonyl (C=O) groups is 1. The van der Waals surface area contributed by atoms with Gasteiger partial charge in [0.15, 0.2) is 5.01 Å². The Bertz CT molecular complexity index is 1030. The predicted molar refractivity (Wildman–Crippen MR) is 126 cm³/mol. The fourth-order valence-corrected chi connectivity index (χ4v) is 4.74. The molecule has 0 spiro atoms. The lowest BCUT2D eigenvalue weighted by Gasteiger charge is -2.33. The number of aryl methyl sites for hydroxylation is 1. The van der Waals surface area contributed by atoms with Crippen LogP contribution in [0.25, 0.3) is 10.2 Å². The third-order valence-electron chi connectivity index (χ3n) is 5.44. The Morgan fingerprint density at radius 2 is 2.03 bits per heavy atom. The third kappa shape index (κ3) is 5.95. The van der Waals surface area contributed by atoms with Crippen LogP contribution in [0.2, 0.25) is 5.02 Å². The summed E-state index contributed by atoms with van der Waals surface area (Å²) in [6, 6.07) is 13.6. The van der Waals surface area contributed by atoms with E-state index in [4.69, 9.17) is 22.1 Å². The molecule has 0 saturated carbocycles. The van der Waals surface area contributed by atoms with Crippen LogP contribution in [-0.2, 0) is 0 Å². The number of carbonyl (C=O) groups excluding carboxylic acids is 1. The van der Waals surface area contributed by atoms with E-state index in [1.807, 2.05) is 36.4 Å². The Morgan fingerprint density at radius 3 is 2.77 bits per heavy atom. The summed E-state index contributed by atoms with van der Waals surface area (Å²) in [5.41, 5.74) is 8.24. The number of nitrogens with two attached hydrogens (primary N) is 1. The first-order chi connectivity index (χ1) is 15.0. The van der Waals surface area contributed by atoms with E-state index >= 15 is 0 Å². The zero-order valence-electron chi connectivity index (χ0n) is 17.5. The number of nitrogens with zero attached hydrogens (tertiary/aromatic N) is 2. The van der Waals surface area contributed by atoms with E-state index in [9.17, 15) is 4.79 Å². The summed E-state index contributed by atoms with van der Waals surface area (Å²) in [5.74, 6) is 0.735. The highest BCUT2D eigenvalue weighted by Gasteiger charge is 2.23. The molecule has 0 aliphatic carbocycles. The van der Waals surface area contributed by atoms with Gasteiger partial charge in [0.1, 0.15) is 12.4 Å². The Balaban J connectivity index is 1.20. The number of amides is 1. The molecule has 1 aliphatic rings. The molecular formula is C23H27ClN4O2S. The molecule has 31 heavy (non-hydrogen) atoms. The van der Waals surface area contributed by atoms with E-state index in [1.165, 1.54) is 16.9 Å². The topological polar surface area (TPSA) is 80.5 Å². The van der Waals surface area contributed by atoms with Crippen molar-refractivity contribution in [3.63, 3.8) is 0 Å². The lowest BCUT2D eigenvalue weighted by atomic mass is 10.0. The summed E-state index contributed by atoms with van der Waals surface area (Å²) >= 11 is 7.41. The van der Waals surface area contributed by atoms with Crippen LogP contribution in [0.5, 0.6) is 5.75 Å². The molecule has 1 atom stereocenters. The molecule has 0 radical (unpaired) electrons.